The van der Waals surface area contributed by atoms with Crippen LogP contribution < -0.4 is 5.73 Å². The number of aryl methyl sites for hydroxylation is 1. The van der Waals surface area contributed by atoms with Crippen LogP contribution in [0.5, 0.6) is 0 Å². The molecule has 96 valence electrons. The summed E-state index contributed by atoms with van der Waals surface area (Å²) in [6.07, 6.45) is 6.17. The van der Waals surface area contributed by atoms with E-state index in [9.17, 15) is 0 Å². The number of nitrogens with zero attached hydrogens (tertiary/aromatic N) is 2. The fourth-order valence-corrected chi connectivity index (χ4v) is 2.00. The molecule has 0 saturated carbocycles. The van der Waals surface area contributed by atoms with Crippen molar-refractivity contribution in [2.45, 2.75) is 57.6 Å². The maximum atomic E-state index is 5.69. The van der Waals surface area contributed by atoms with Gasteiger partial charge in [0.25, 0.3) is 0 Å². The van der Waals surface area contributed by atoms with Gasteiger partial charge in [-0.1, -0.05) is 5.16 Å². The van der Waals surface area contributed by atoms with E-state index in [1.165, 1.54) is 12.8 Å². The van der Waals surface area contributed by atoms with Crippen molar-refractivity contribution in [2.24, 2.45) is 5.73 Å². The zero-order valence-electron chi connectivity index (χ0n) is 10.4. The van der Waals surface area contributed by atoms with Crippen LogP contribution in [-0.2, 0) is 17.6 Å². The van der Waals surface area contributed by atoms with Gasteiger partial charge in [-0.15, -0.1) is 0 Å². The topological polar surface area (TPSA) is 74.2 Å². The highest BCUT2D eigenvalue weighted by atomic mass is 16.5. The molecule has 2 unspecified atom stereocenters. The number of hydrogen-bond donors (Lipinski definition) is 1. The first-order chi connectivity index (χ1) is 8.24. The number of ether oxygens (including phenoxy) is 1. The summed E-state index contributed by atoms with van der Waals surface area (Å²) in [4.78, 5) is 4.36. The zero-order chi connectivity index (χ0) is 12.1. The van der Waals surface area contributed by atoms with Gasteiger partial charge in [-0.05, 0) is 32.6 Å². The van der Waals surface area contributed by atoms with Crippen molar-refractivity contribution in [2.75, 3.05) is 6.61 Å². The van der Waals surface area contributed by atoms with Crippen LogP contribution in [0.4, 0.5) is 0 Å². The van der Waals surface area contributed by atoms with E-state index in [0.29, 0.717) is 5.89 Å². The Kier molecular flexibility index (Phi) is 4.50. The van der Waals surface area contributed by atoms with Crippen molar-refractivity contribution < 1.29 is 9.26 Å². The predicted molar refractivity (Wildman–Crippen MR) is 63.6 cm³/mol. The smallest absolute Gasteiger partial charge is 0.226 e. The first-order valence-electron chi connectivity index (χ1n) is 6.42. The molecule has 2 heterocycles. The standard InChI is InChI=1S/C12H21N3O2/c1-9(13)5-6-12-14-11(15-17-12)8-10-4-2-3-7-16-10/h9-10H,2-8,13H2,1H3. The van der Waals surface area contributed by atoms with E-state index in [2.05, 4.69) is 10.1 Å². The molecule has 2 atom stereocenters. The van der Waals surface area contributed by atoms with Crippen molar-refractivity contribution in [3.63, 3.8) is 0 Å². The van der Waals surface area contributed by atoms with Crippen LogP contribution in [0.1, 0.15) is 44.3 Å². The molecule has 17 heavy (non-hydrogen) atoms. The summed E-state index contributed by atoms with van der Waals surface area (Å²) in [7, 11) is 0. The Labute approximate surface area is 102 Å². The number of nitrogens with two attached hydrogens (primary N) is 1. The van der Waals surface area contributed by atoms with Crippen LogP contribution >= 0.6 is 0 Å². The van der Waals surface area contributed by atoms with Gasteiger partial charge in [-0.25, -0.2) is 0 Å². The lowest BCUT2D eigenvalue weighted by Crippen LogP contribution is -2.21. The highest BCUT2D eigenvalue weighted by molar-refractivity contribution is 4.90. The van der Waals surface area contributed by atoms with Crippen LogP contribution in [0, 0.1) is 0 Å². The van der Waals surface area contributed by atoms with Crippen molar-refractivity contribution in [3.8, 4) is 0 Å². The molecule has 0 amide bonds. The first kappa shape index (κ1) is 12.5. The van der Waals surface area contributed by atoms with E-state index < -0.39 is 0 Å². The highest BCUT2D eigenvalue weighted by Gasteiger charge is 2.17. The van der Waals surface area contributed by atoms with Crippen LogP contribution in [0.3, 0.4) is 0 Å². The van der Waals surface area contributed by atoms with Crippen molar-refractivity contribution in [1.82, 2.24) is 10.1 Å². The molecule has 0 spiro atoms. The molecule has 1 aromatic heterocycles. The Balaban J connectivity index is 1.80. The molecule has 1 fully saturated rings. The van der Waals surface area contributed by atoms with Gasteiger partial charge >= 0.3 is 0 Å². The minimum Gasteiger partial charge on any atom is -0.378 e. The van der Waals surface area contributed by atoms with Crippen LogP contribution in [0.2, 0.25) is 0 Å². The fourth-order valence-electron chi connectivity index (χ4n) is 2.00. The zero-order valence-corrected chi connectivity index (χ0v) is 10.4. The second-order valence-electron chi connectivity index (χ2n) is 4.81. The van der Waals surface area contributed by atoms with E-state index in [1.54, 1.807) is 0 Å². The average molecular weight is 239 g/mol. The van der Waals surface area contributed by atoms with Crippen molar-refractivity contribution in [3.05, 3.63) is 11.7 Å². The molecule has 1 aliphatic heterocycles. The molecule has 5 nitrogen and oxygen atoms in total. The Morgan fingerprint density at radius 1 is 1.47 bits per heavy atom. The average Bonchev–Trinajstić information content (AvgIpc) is 2.75. The molecule has 0 aromatic carbocycles. The monoisotopic (exact) mass is 239 g/mol. The molecule has 5 heteroatoms. The SMILES string of the molecule is CC(N)CCc1nc(CC2CCCCO2)no1. The molecule has 2 rings (SSSR count). The Morgan fingerprint density at radius 2 is 2.35 bits per heavy atom. The predicted octanol–water partition coefficient (Wildman–Crippen LogP) is 1.46. The largest absolute Gasteiger partial charge is 0.378 e. The maximum Gasteiger partial charge on any atom is 0.226 e. The van der Waals surface area contributed by atoms with Crippen LogP contribution in [-0.4, -0.2) is 28.9 Å². The van der Waals surface area contributed by atoms with Gasteiger partial charge in [0, 0.05) is 25.5 Å². The Hall–Kier alpha value is -0.940. The summed E-state index contributed by atoms with van der Waals surface area (Å²) in [5.74, 6) is 1.45. The van der Waals surface area contributed by atoms with Gasteiger partial charge in [0.15, 0.2) is 5.82 Å². The lowest BCUT2D eigenvalue weighted by Gasteiger charge is -2.20. The van der Waals surface area contributed by atoms with Gasteiger partial charge in [0.05, 0.1) is 6.10 Å². The normalized spacial score (nSPS) is 22.6. The molecule has 1 aromatic rings. The molecule has 0 bridgehead atoms. The van der Waals surface area contributed by atoms with Gasteiger partial charge < -0.3 is 15.0 Å². The molecular weight excluding hydrogens is 218 g/mol. The molecular formula is C12H21N3O2. The quantitative estimate of drug-likeness (QED) is 0.842. The summed E-state index contributed by atoms with van der Waals surface area (Å²) >= 11 is 0. The van der Waals surface area contributed by atoms with E-state index in [0.717, 1.165) is 38.1 Å². The first-order valence-corrected chi connectivity index (χ1v) is 6.42. The van der Waals surface area contributed by atoms with Crippen LogP contribution in [0.15, 0.2) is 4.52 Å². The lowest BCUT2D eigenvalue weighted by molar-refractivity contribution is 0.0153. The minimum absolute atomic E-state index is 0.173. The maximum absolute atomic E-state index is 5.69. The summed E-state index contributed by atoms with van der Waals surface area (Å²) in [5.41, 5.74) is 5.69. The molecule has 1 aliphatic rings. The van der Waals surface area contributed by atoms with E-state index >= 15 is 0 Å². The van der Waals surface area contributed by atoms with Crippen molar-refractivity contribution >= 4 is 0 Å². The highest BCUT2D eigenvalue weighted by Crippen LogP contribution is 2.16. The molecule has 0 radical (unpaired) electrons. The summed E-state index contributed by atoms with van der Waals surface area (Å²) in [6.45, 7) is 2.84. The third kappa shape index (κ3) is 4.09. The number of aromatic nitrogens is 2. The van der Waals surface area contributed by atoms with Crippen molar-refractivity contribution in [1.29, 1.82) is 0 Å². The van der Waals surface area contributed by atoms with Gasteiger partial charge in [0.2, 0.25) is 5.89 Å². The lowest BCUT2D eigenvalue weighted by atomic mass is 10.1. The third-order valence-electron chi connectivity index (χ3n) is 3.01. The minimum atomic E-state index is 0.173. The summed E-state index contributed by atoms with van der Waals surface area (Å²) in [5, 5.41) is 3.98. The number of rotatable bonds is 5. The van der Waals surface area contributed by atoms with Gasteiger partial charge in [0.1, 0.15) is 0 Å². The molecule has 0 aliphatic carbocycles. The third-order valence-corrected chi connectivity index (χ3v) is 3.01. The Morgan fingerprint density at radius 3 is 3.06 bits per heavy atom. The summed E-state index contributed by atoms with van der Waals surface area (Å²) in [6, 6.07) is 0.173. The molecule has 2 N–H and O–H groups in total. The number of hydrogen-bond acceptors (Lipinski definition) is 5. The Bertz CT molecular complexity index is 332. The second kappa shape index (κ2) is 6.12. The fraction of sp³-hybridized carbons (Fsp3) is 0.833. The van der Waals surface area contributed by atoms with E-state index in [1.807, 2.05) is 6.92 Å². The van der Waals surface area contributed by atoms with E-state index in [4.69, 9.17) is 15.0 Å². The molecule has 1 saturated heterocycles. The summed E-state index contributed by atoms with van der Waals surface area (Å²) < 4.78 is 10.8. The second-order valence-corrected chi connectivity index (χ2v) is 4.81. The van der Waals surface area contributed by atoms with Gasteiger partial charge in [-0.2, -0.15) is 4.98 Å². The van der Waals surface area contributed by atoms with Crippen LogP contribution in [0.25, 0.3) is 0 Å². The van der Waals surface area contributed by atoms with E-state index in [-0.39, 0.29) is 12.1 Å². The van der Waals surface area contributed by atoms with Gasteiger partial charge in [-0.3, -0.25) is 0 Å².